The molecule has 3 heteroatoms. The molecule has 0 bridgehead atoms. The lowest BCUT2D eigenvalue weighted by Crippen LogP contribution is -2.18. The van der Waals surface area contributed by atoms with E-state index in [0.717, 1.165) is 42.1 Å². The number of aliphatic hydroxyl groups is 1. The molecule has 1 heterocycles. The fourth-order valence-electron chi connectivity index (χ4n) is 3.55. The summed E-state index contributed by atoms with van der Waals surface area (Å²) in [7, 11) is 0. The van der Waals surface area contributed by atoms with Crippen molar-refractivity contribution in [3.63, 3.8) is 0 Å². The first-order valence-electron chi connectivity index (χ1n) is 8.53. The van der Waals surface area contributed by atoms with Gasteiger partial charge in [0.1, 0.15) is 5.75 Å². The second kappa shape index (κ2) is 7.14. The van der Waals surface area contributed by atoms with Crippen LogP contribution in [0.3, 0.4) is 0 Å². The highest BCUT2D eigenvalue weighted by Gasteiger charge is 2.20. The van der Waals surface area contributed by atoms with Crippen molar-refractivity contribution < 1.29 is 10.2 Å². The predicted molar refractivity (Wildman–Crippen MR) is 93.4 cm³/mol. The molecule has 2 N–H and O–H groups in total. The first kappa shape index (κ1) is 16.0. The lowest BCUT2D eigenvalue weighted by Gasteiger charge is -2.26. The zero-order valence-corrected chi connectivity index (χ0v) is 13.7. The predicted octanol–water partition coefficient (Wildman–Crippen LogP) is 4.23. The van der Waals surface area contributed by atoms with Crippen molar-refractivity contribution in [3.05, 3.63) is 48.2 Å². The molecule has 0 amide bonds. The molecular weight excluding hydrogens is 286 g/mol. The fourth-order valence-corrected chi connectivity index (χ4v) is 3.55. The van der Waals surface area contributed by atoms with Gasteiger partial charge in [0, 0.05) is 23.6 Å². The van der Waals surface area contributed by atoms with Crippen LogP contribution in [0.5, 0.6) is 5.75 Å². The molecule has 1 aliphatic rings. The highest BCUT2D eigenvalue weighted by atomic mass is 16.3. The van der Waals surface area contributed by atoms with Crippen LogP contribution < -0.4 is 0 Å². The summed E-state index contributed by atoms with van der Waals surface area (Å²) in [5.74, 6) is 1.58. The quantitative estimate of drug-likeness (QED) is 0.813. The number of benzene rings is 1. The number of pyridine rings is 1. The Balaban J connectivity index is 1.67. The molecule has 3 unspecified atom stereocenters. The molecule has 1 aliphatic carbocycles. The van der Waals surface area contributed by atoms with Crippen molar-refractivity contribution in [2.75, 3.05) is 0 Å². The second-order valence-electron chi connectivity index (χ2n) is 6.75. The average Bonchev–Trinajstić information content (AvgIpc) is 2.57. The number of phenolic OH excluding ortho intramolecular Hbond substituents is 1. The summed E-state index contributed by atoms with van der Waals surface area (Å²) in [5, 5.41) is 21.6. The van der Waals surface area contributed by atoms with Gasteiger partial charge in [0.25, 0.3) is 0 Å². The van der Waals surface area contributed by atoms with Gasteiger partial charge in [-0.15, -0.1) is 0 Å². The number of hydrogen-bond acceptors (Lipinski definition) is 3. The number of allylic oxidation sites excluding steroid dienone is 2. The summed E-state index contributed by atoms with van der Waals surface area (Å²) in [4.78, 5) is 4.38. The summed E-state index contributed by atoms with van der Waals surface area (Å²) in [5.41, 5.74) is 1.55. The van der Waals surface area contributed by atoms with E-state index in [1.165, 1.54) is 0 Å². The topological polar surface area (TPSA) is 53.4 Å². The van der Waals surface area contributed by atoms with Gasteiger partial charge < -0.3 is 10.2 Å². The number of hydrogen-bond donors (Lipinski definition) is 2. The van der Waals surface area contributed by atoms with Gasteiger partial charge in [-0.05, 0) is 55.7 Å². The molecule has 0 saturated carbocycles. The van der Waals surface area contributed by atoms with Crippen molar-refractivity contribution in [2.45, 2.75) is 45.1 Å². The minimum Gasteiger partial charge on any atom is -0.508 e. The summed E-state index contributed by atoms with van der Waals surface area (Å²) < 4.78 is 0. The molecule has 3 rings (SSSR count). The third kappa shape index (κ3) is 3.73. The maximum absolute atomic E-state index is 10.4. The van der Waals surface area contributed by atoms with Crippen LogP contribution in [0, 0.1) is 11.8 Å². The Morgan fingerprint density at radius 1 is 1.22 bits per heavy atom. The van der Waals surface area contributed by atoms with Crippen LogP contribution in [0.15, 0.2) is 42.6 Å². The van der Waals surface area contributed by atoms with Crippen molar-refractivity contribution >= 4 is 10.9 Å². The minimum atomic E-state index is -0.438. The molecule has 3 nitrogen and oxygen atoms in total. The van der Waals surface area contributed by atoms with E-state index in [2.05, 4.69) is 24.1 Å². The number of fused-ring (bicyclic) bond motifs is 1. The average molecular weight is 311 g/mol. The molecular formula is C20H25NO2. The number of phenols is 1. The van der Waals surface area contributed by atoms with E-state index in [1.54, 1.807) is 12.3 Å². The van der Waals surface area contributed by atoms with Crippen molar-refractivity contribution in [1.29, 1.82) is 0 Å². The molecule has 0 saturated heterocycles. The van der Waals surface area contributed by atoms with Gasteiger partial charge in [-0.2, -0.15) is 0 Å². The van der Waals surface area contributed by atoms with Gasteiger partial charge in [-0.1, -0.05) is 25.1 Å². The summed E-state index contributed by atoms with van der Waals surface area (Å²) in [6.07, 6.45) is 10.3. The summed E-state index contributed by atoms with van der Waals surface area (Å²) >= 11 is 0. The first-order valence-corrected chi connectivity index (χ1v) is 8.53. The van der Waals surface area contributed by atoms with Gasteiger partial charge in [-0.25, -0.2) is 0 Å². The standard InChI is InChI=1S/C20H25NO2/c1-14-5-2-3-6-15(14)8-10-17(22)13-18-19(23)11-9-16-7-4-12-21-20(16)18/h2-4,7,9,11-12,14-15,17,22-23H,5-6,8,10,13H2,1H3. The Bertz CT molecular complexity index is 695. The molecule has 0 radical (unpaired) electrons. The van der Waals surface area contributed by atoms with Crippen LogP contribution in [-0.4, -0.2) is 21.3 Å². The van der Waals surface area contributed by atoms with Gasteiger partial charge in [0.05, 0.1) is 11.6 Å². The molecule has 0 aliphatic heterocycles. The maximum atomic E-state index is 10.4. The van der Waals surface area contributed by atoms with E-state index in [4.69, 9.17) is 0 Å². The first-order chi connectivity index (χ1) is 11.1. The SMILES string of the molecule is CC1CC=CCC1CCC(O)Cc1c(O)ccc2cccnc12. The van der Waals surface area contributed by atoms with Gasteiger partial charge in [0.2, 0.25) is 0 Å². The van der Waals surface area contributed by atoms with Crippen LogP contribution in [0.25, 0.3) is 10.9 Å². The number of aromatic hydroxyl groups is 1. The van der Waals surface area contributed by atoms with Crippen molar-refractivity contribution in [3.8, 4) is 5.75 Å². The smallest absolute Gasteiger partial charge is 0.121 e. The highest BCUT2D eigenvalue weighted by Crippen LogP contribution is 2.31. The Kier molecular flexibility index (Phi) is 4.97. The fraction of sp³-hybridized carbons (Fsp3) is 0.450. The molecule has 0 spiro atoms. The monoisotopic (exact) mass is 311 g/mol. The summed E-state index contributed by atoms with van der Waals surface area (Å²) in [6.45, 7) is 2.29. The molecule has 23 heavy (non-hydrogen) atoms. The Labute approximate surface area is 137 Å². The third-order valence-electron chi connectivity index (χ3n) is 5.08. The molecule has 1 aromatic carbocycles. The largest absolute Gasteiger partial charge is 0.508 e. The van der Waals surface area contributed by atoms with E-state index in [1.807, 2.05) is 18.2 Å². The normalized spacial score (nSPS) is 22.3. The van der Waals surface area contributed by atoms with Crippen LogP contribution in [0.2, 0.25) is 0 Å². The number of aromatic nitrogens is 1. The van der Waals surface area contributed by atoms with Crippen LogP contribution in [-0.2, 0) is 6.42 Å². The highest BCUT2D eigenvalue weighted by molar-refractivity contribution is 5.83. The Hall–Kier alpha value is -1.87. The lowest BCUT2D eigenvalue weighted by molar-refractivity contribution is 0.147. The van der Waals surface area contributed by atoms with Crippen LogP contribution in [0.4, 0.5) is 0 Å². The molecule has 0 fully saturated rings. The van der Waals surface area contributed by atoms with Gasteiger partial charge in [-0.3, -0.25) is 4.98 Å². The zero-order valence-electron chi connectivity index (χ0n) is 13.7. The minimum absolute atomic E-state index is 0.226. The molecule has 2 aromatic rings. The van der Waals surface area contributed by atoms with Crippen LogP contribution >= 0.6 is 0 Å². The van der Waals surface area contributed by atoms with Gasteiger partial charge >= 0.3 is 0 Å². The van der Waals surface area contributed by atoms with Crippen molar-refractivity contribution in [2.24, 2.45) is 11.8 Å². The van der Waals surface area contributed by atoms with Crippen LogP contribution in [0.1, 0.15) is 38.2 Å². The Morgan fingerprint density at radius 3 is 2.87 bits per heavy atom. The molecule has 3 atom stereocenters. The summed E-state index contributed by atoms with van der Waals surface area (Å²) in [6, 6.07) is 7.43. The number of nitrogens with zero attached hydrogens (tertiary/aromatic N) is 1. The second-order valence-corrected chi connectivity index (χ2v) is 6.75. The number of aliphatic hydroxyl groups excluding tert-OH is 1. The van der Waals surface area contributed by atoms with E-state index in [9.17, 15) is 10.2 Å². The van der Waals surface area contributed by atoms with Gasteiger partial charge in [0.15, 0.2) is 0 Å². The zero-order chi connectivity index (χ0) is 16.2. The van der Waals surface area contributed by atoms with E-state index in [0.29, 0.717) is 18.3 Å². The van der Waals surface area contributed by atoms with Crippen molar-refractivity contribution in [1.82, 2.24) is 4.98 Å². The maximum Gasteiger partial charge on any atom is 0.121 e. The van der Waals surface area contributed by atoms with E-state index in [-0.39, 0.29) is 5.75 Å². The van der Waals surface area contributed by atoms with E-state index < -0.39 is 6.10 Å². The molecule has 122 valence electrons. The molecule has 1 aromatic heterocycles. The van der Waals surface area contributed by atoms with E-state index >= 15 is 0 Å². The number of rotatable bonds is 5. The third-order valence-corrected chi connectivity index (χ3v) is 5.08. The Morgan fingerprint density at radius 2 is 2.04 bits per heavy atom. The lowest BCUT2D eigenvalue weighted by atomic mass is 9.80.